The lowest BCUT2D eigenvalue weighted by Crippen LogP contribution is -2.53. The minimum atomic E-state index is -0.990. The van der Waals surface area contributed by atoms with E-state index in [2.05, 4.69) is 37.8 Å². The molecule has 0 bridgehead atoms. The summed E-state index contributed by atoms with van der Waals surface area (Å²) in [7, 11) is 2.51. The fourth-order valence-corrected chi connectivity index (χ4v) is 7.90. The molecule has 2 aliphatic heterocycles. The number of imidazole rings is 2. The van der Waals surface area contributed by atoms with E-state index in [9.17, 15) is 24.0 Å². The number of fused-ring (bicyclic) bond motifs is 1. The second-order valence-corrected chi connectivity index (χ2v) is 15.7. The molecule has 16 nitrogen and oxygen atoms in total. The lowest BCUT2D eigenvalue weighted by molar-refractivity contribution is -0.136. The van der Waals surface area contributed by atoms with Gasteiger partial charge in [0.2, 0.25) is 17.7 Å². The monoisotopic (exact) mass is 791 g/mol. The number of carbonyl (C=O) groups is 5. The van der Waals surface area contributed by atoms with Crippen LogP contribution in [0.3, 0.4) is 0 Å². The Morgan fingerprint density at radius 3 is 2.29 bits per heavy atom. The topological polar surface area (TPSA) is 204 Å². The number of hydrogen-bond donors (Lipinski definition) is 5. The number of amides is 5. The van der Waals surface area contributed by atoms with Crippen LogP contribution in [0.15, 0.2) is 48.7 Å². The lowest BCUT2D eigenvalue weighted by atomic mass is 10.0. The van der Waals surface area contributed by atoms with E-state index in [0.29, 0.717) is 31.0 Å². The molecule has 1 spiro atoms. The fraction of sp³-hybridized carbons (Fsp3) is 0.452. The minimum Gasteiger partial charge on any atom is -0.453 e. The molecule has 1 saturated carbocycles. The molecule has 3 fully saturated rings. The summed E-state index contributed by atoms with van der Waals surface area (Å²) in [5, 5.41) is 7.86. The van der Waals surface area contributed by atoms with E-state index in [1.165, 1.54) is 21.1 Å². The lowest BCUT2D eigenvalue weighted by Gasteiger charge is -2.30. The number of aromatic amines is 2. The first kappa shape index (κ1) is 39.8. The quantitative estimate of drug-likeness (QED) is 0.145. The third-order valence-corrected chi connectivity index (χ3v) is 11.3. The van der Waals surface area contributed by atoms with Gasteiger partial charge in [-0.25, -0.2) is 19.6 Å². The zero-order chi connectivity index (χ0) is 41.1. The average Bonchev–Trinajstić information content (AvgIpc) is 3.71. The molecule has 0 radical (unpaired) electrons. The number of rotatable bonds is 10. The molecule has 4 aromatic rings. The van der Waals surface area contributed by atoms with Gasteiger partial charge in [-0.3, -0.25) is 14.4 Å². The average molecular weight is 792 g/mol. The molecule has 2 aromatic heterocycles. The maximum Gasteiger partial charge on any atom is 0.407 e. The first-order valence-electron chi connectivity index (χ1n) is 19.6. The number of methoxy groups -OCH3 is 2. The first-order valence-corrected chi connectivity index (χ1v) is 19.6. The van der Waals surface area contributed by atoms with Crippen LogP contribution in [-0.4, -0.2) is 106 Å². The molecule has 1 aliphatic carbocycles. The number of carbonyl (C=O) groups excluding carboxylic acids is 5. The molecular weight excluding hydrogens is 743 g/mol. The van der Waals surface area contributed by atoms with Crippen molar-refractivity contribution in [2.45, 2.75) is 77.0 Å². The normalized spacial score (nSPS) is 19.0. The third kappa shape index (κ3) is 8.63. The van der Waals surface area contributed by atoms with E-state index in [1.807, 2.05) is 61.2 Å². The Morgan fingerprint density at radius 2 is 1.60 bits per heavy atom. The molecule has 2 aromatic carbocycles. The summed E-state index contributed by atoms with van der Waals surface area (Å²) in [6, 6.07) is 11.3. The summed E-state index contributed by atoms with van der Waals surface area (Å²) in [5.41, 5.74) is 4.91. The van der Waals surface area contributed by atoms with Gasteiger partial charge in [0.1, 0.15) is 23.7 Å². The van der Waals surface area contributed by atoms with Crippen molar-refractivity contribution in [1.29, 1.82) is 0 Å². The number of benzene rings is 2. The number of H-pyrrole nitrogens is 2. The van der Waals surface area contributed by atoms with Crippen molar-refractivity contribution in [2.24, 2.45) is 11.3 Å². The number of nitrogens with one attached hydrogen (secondary N) is 5. The Hall–Kier alpha value is -6.37. The smallest absolute Gasteiger partial charge is 0.407 e. The van der Waals surface area contributed by atoms with Crippen molar-refractivity contribution in [1.82, 2.24) is 45.7 Å². The van der Waals surface area contributed by atoms with Crippen molar-refractivity contribution in [3.8, 4) is 23.1 Å². The van der Waals surface area contributed by atoms with E-state index in [1.54, 1.807) is 11.1 Å². The fourth-order valence-electron chi connectivity index (χ4n) is 7.90. The van der Waals surface area contributed by atoms with E-state index in [4.69, 9.17) is 19.4 Å². The van der Waals surface area contributed by atoms with Crippen LogP contribution in [0.5, 0.6) is 0 Å². The van der Waals surface area contributed by atoms with E-state index < -0.39 is 24.3 Å². The Labute approximate surface area is 336 Å². The van der Waals surface area contributed by atoms with Crippen LogP contribution in [0.1, 0.15) is 87.7 Å². The maximum atomic E-state index is 13.9. The predicted molar refractivity (Wildman–Crippen MR) is 213 cm³/mol. The summed E-state index contributed by atoms with van der Waals surface area (Å²) < 4.78 is 9.49. The number of hydrogen-bond acceptors (Lipinski definition) is 9. The summed E-state index contributed by atoms with van der Waals surface area (Å²) in [6.07, 6.45) is 4.82. The van der Waals surface area contributed by atoms with Gasteiger partial charge < -0.3 is 45.2 Å². The number of alkyl carbamates (subject to hydrolysis) is 2. The Kier molecular flexibility index (Phi) is 11.4. The SMILES string of the molecule is COC(=O)N[C@@H](CNC(C)=O)C(=O)N1CCC[C@H]1c1nc(-c2ccc(C#Cc3ccc4[nH]c([C@@H]5CC6(CC6)CN5C(=O)[C@@H](NC(=O)OC)C(C)C)nc4c3)cc2)c[nH]1. The van der Waals surface area contributed by atoms with Gasteiger partial charge in [0, 0.05) is 49.4 Å². The van der Waals surface area contributed by atoms with Crippen LogP contribution in [0.4, 0.5) is 9.59 Å². The second kappa shape index (κ2) is 16.6. The largest absolute Gasteiger partial charge is 0.453 e. The van der Waals surface area contributed by atoms with Crippen LogP contribution in [0.2, 0.25) is 0 Å². The van der Waals surface area contributed by atoms with Crippen molar-refractivity contribution in [2.75, 3.05) is 33.9 Å². The van der Waals surface area contributed by atoms with Crippen LogP contribution in [0, 0.1) is 23.2 Å². The Balaban J connectivity index is 1.02. The number of aromatic nitrogens is 4. The molecule has 3 aliphatic rings. The summed E-state index contributed by atoms with van der Waals surface area (Å²) in [6.45, 7) is 6.22. The summed E-state index contributed by atoms with van der Waals surface area (Å²) in [5.74, 6) is 6.95. The van der Waals surface area contributed by atoms with Gasteiger partial charge in [0.05, 0.1) is 43.0 Å². The minimum absolute atomic E-state index is 0.0637. The van der Waals surface area contributed by atoms with Gasteiger partial charge >= 0.3 is 12.2 Å². The molecule has 58 heavy (non-hydrogen) atoms. The number of ether oxygens (including phenoxy) is 2. The van der Waals surface area contributed by atoms with Crippen LogP contribution in [-0.2, 0) is 23.9 Å². The predicted octanol–water partition coefficient (Wildman–Crippen LogP) is 4.31. The molecule has 4 heterocycles. The molecule has 5 amide bonds. The van der Waals surface area contributed by atoms with Crippen molar-refractivity contribution in [3.05, 3.63) is 71.4 Å². The van der Waals surface area contributed by atoms with Crippen molar-refractivity contribution in [3.63, 3.8) is 0 Å². The molecule has 2 saturated heterocycles. The molecule has 4 atom stereocenters. The van der Waals surface area contributed by atoms with Gasteiger partial charge in [0.15, 0.2) is 0 Å². The highest BCUT2D eigenvalue weighted by Crippen LogP contribution is 2.58. The van der Waals surface area contributed by atoms with Crippen LogP contribution >= 0.6 is 0 Å². The van der Waals surface area contributed by atoms with E-state index >= 15 is 0 Å². The number of likely N-dealkylation sites (tertiary alicyclic amines) is 2. The third-order valence-electron chi connectivity index (χ3n) is 11.3. The molecule has 304 valence electrons. The van der Waals surface area contributed by atoms with Gasteiger partial charge in [-0.2, -0.15) is 0 Å². The molecule has 5 N–H and O–H groups in total. The Bertz CT molecular complexity index is 2270. The highest BCUT2D eigenvalue weighted by molar-refractivity contribution is 5.88. The van der Waals surface area contributed by atoms with Gasteiger partial charge in [-0.1, -0.05) is 37.8 Å². The standard InChI is InChI=1S/C42H49N9O7/c1-24(2)35(49-41(56)58-5)39(54)51-23-42(16-17-42)20-34(51)37-45-29-15-12-27(19-30(29)46-37)9-8-26-10-13-28(14-11-26)31-21-44-36(47-31)33-7-6-18-50(33)38(53)32(22-43-25(3)52)48-40(55)57-4/h10-15,19,21,24,32-35H,6-7,16-18,20,22-23H2,1-5H3,(H,43,52)(H,44,47)(H,45,46)(H,48,55)(H,49,56)/t32-,33-,34-,35-/m0/s1. The highest BCUT2D eigenvalue weighted by atomic mass is 16.5. The zero-order valence-corrected chi connectivity index (χ0v) is 33.3. The summed E-state index contributed by atoms with van der Waals surface area (Å²) >= 11 is 0. The zero-order valence-electron chi connectivity index (χ0n) is 33.3. The molecular formula is C42H49N9O7. The highest BCUT2D eigenvalue weighted by Gasteiger charge is 2.55. The first-order chi connectivity index (χ1) is 27.9. The van der Waals surface area contributed by atoms with Gasteiger partial charge in [-0.15, -0.1) is 0 Å². The van der Waals surface area contributed by atoms with Crippen LogP contribution < -0.4 is 16.0 Å². The molecule has 7 rings (SSSR count). The summed E-state index contributed by atoms with van der Waals surface area (Å²) in [4.78, 5) is 83.0. The van der Waals surface area contributed by atoms with Crippen LogP contribution in [0.25, 0.3) is 22.3 Å². The second-order valence-electron chi connectivity index (χ2n) is 15.7. The molecule has 16 heteroatoms. The molecule has 0 unspecified atom stereocenters. The van der Waals surface area contributed by atoms with E-state index in [-0.39, 0.29) is 47.7 Å². The van der Waals surface area contributed by atoms with Gasteiger partial charge in [0.25, 0.3) is 0 Å². The number of nitrogens with zero attached hydrogens (tertiary/aromatic N) is 4. The maximum absolute atomic E-state index is 13.9. The van der Waals surface area contributed by atoms with Crippen molar-refractivity contribution >= 4 is 40.9 Å². The Morgan fingerprint density at radius 1 is 0.897 bits per heavy atom. The van der Waals surface area contributed by atoms with Crippen molar-refractivity contribution < 1.29 is 33.4 Å². The van der Waals surface area contributed by atoms with Gasteiger partial charge in [-0.05, 0) is 73.8 Å². The van der Waals surface area contributed by atoms with E-state index in [0.717, 1.165) is 59.2 Å².